The Balaban J connectivity index is 2.23. The maximum Gasteiger partial charge on any atom is 0.229 e. The lowest BCUT2D eigenvalue weighted by Gasteiger charge is -2.00. The van der Waals surface area contributed by atoms with Crippen LogP contribution in [-0.4, -0.2) is 4.98 Å². The summed E-state index contributed by atoms with van der Waals surface area (Å²) in [6.07, 6.45) is 0. The molecule has 4 heteroatoms. The fraction of sp³-hybridized carbons (Fsp3) is 0.133. The fourth-order valence-electron chi connectivity index (χ4n) is 2.22. The number of nitrogen functional groups attached to an aromatic ring is 1. The third kappa shape index (κ3) is 1.95. The van der Waals surface area contributed by atoms with E-state index in [2.05, 4.69) is 4.98 Å². The van der Waals surface area contributed by atoms with E-state index in [1.807, 2.05) is 26.0 Å². The number of aryl methyl sites for hydroxylation is 2. The maximum absolute atomic E-state index is 13.1. The highest BCUT2D eigenvalue weighted by Gasteiger charge is 2.13. The van der Waals surface area contributed by atoms with Crippen LogP contribution in [0.2, 0.25) is 0 Å². The summed E-state index contributed by atoms with van der Waals surface area (Å²) in [6, 6.07) is 8.18. The molecule has 3 nitrogen and oxygen atoms in total. The van der Waals surface area contributed by atoms with E-state index in [9.17, 15) is 4.39 Å². The van der Waals surface area contributed by atoms with Gasteiger partial charge in [0, 0.05) is 5.69 Å². The zero-order chi connectivity index (χ0) is 13.6. The fourth-order valence-corrected chi connectivity index (χ4v) is 2.22. The van der Waals surface area contributed by atoms with Crippen molar-refractivity contribution in [1.82, 2.24) is 4.98 Å². The minimum Gasteiger partial charge on any atom is -0.436 e. The van der Waals surface area contributed by atoms with Crippen molar-refractivity contribution in [1.29, 1.82) is 0 Å². The highest BCUT2D eigenvalue weighted by Crippen LogP contribution is 2.30. The molecule has 0 saturated carbocycles. The van der Waals surface area contributed by atoms with Crippen LogP contribution in [-0.2, 0) is 0 Å². The van der Waals surface area contributed by atoms with Crippen LogP contribution in [0.3, 0.4) is 0 Å². The first kappa shape index (κ1) is 11.7. The van der Waals surface area contributed by atoms with E-state index in [1.54, 1.807) is 6.07 Å². The van der Waals surface area contributed by atoms with Gasteiger partial charge in [0.25, 0.3) is 0 Å². The second kappa shape index (κ2) is 4.09. The third-order valence-electron chi connectivity index (χ3n) is 3.06. The number of anilines is 1. The Morgan fingerprint density at radius 1 is 1.16 bits per heavy atom. The molecule has 0 aliphatic rings. The summed E-state index contributed by atoms with van der Waals surface area (Å²) in [7, 11) is 0. The van der Waals surface area contributed by atoms with Crippen LogP contribution in [0.25, 0.3) is 22.6 Å². The van der Waals surface area contributed by atoms with Gasteiger partial charge in [0.2, 0.25) is 5.89 Å². The SMILES string of the molecule is Cc1cc(C)c2oc(-c3ccc(F)cc3N)nc2c1. The first-order chi connectivity index (χ1) is 9.04. The van der Waals surface area contributed by atoms with Gasteiger partial charge in [-0.1, -0.05) is 6.07 Å². The number of benzene rings is 2. The molecule has 3 aromatic rings. The number of hydrogen-bond acceptors (Lipinski definition) is 3. The van der Waals surface area contributed by atoms with Crippen molar-refractivity contribution in [2.24, 2.45) is 0 Å². The van der Waals surface area contributed by atoms with Crippen LogP contribution in [0.5, 0.6) is 0 Å². The summed E-state index contributed by atoms with van der Waals surface area (Å²) in [4.78, 5) is 4.43. The molecule has 96 valence electrons. The lowest BCUT2D eigenvalue weighted by molar-refractivity contribution is 0.615. The quantitative estimate of drug-likeness (QED) is 0.673. The summed E-state index contributed by atoms with van der Waals surface area (Å²) in [5, 5.41) is 0. The molecule has 1 aromatic heterocycles. The molecule has 0 unspecified atom stereocenters. The Bertz CT molecular complexity index is 777. The van der Waals surface area contributed by atoms with E-state index in [1.165, 1.54) is 12.1 Å². The molecule has 2 aromatic carbocycles. The van der Waals surface area contributed by atoms with Crippen molar-refractivity contribution < 1.29 is 8.81 Å². The summed E-state index contributed by atoms with van der Waals surface area (Å²) in [6.45, 7) is 3.98. The van der Waals surface area contributed by atoms with E-state index in [0.29, 0.717) is 17.1 Å². The Morgan fingerprint density at radius 3 is 2.68 bits per heavy atom. The molecule has 0 fully saturated rings. The third-order valence-corrected chi connectivity index (χ3v) is 3.06. The molecule has 0 aliphatic heterocycles. The summed E-state index contributed by atoms with van der Waals surface area (Å²) >= 11 is 0. The highest BCUT2D eigenvalue weighted by atomic mass is 19.1. The van der Waals surface area contributed by atoms with Crippen molar-refractivity contribution in [3.8, 4) is 11.5 Å². The first-order valence-electron chi connectivity index (χ1n) is 5.98. The lowest BCUT2D eigenvalue weighted by Crippen LogP contribution is -1.91. The molecule has 19 heavy (non-hydrogen) atoms. The molecule has 0 bridgehead atoms. The number of oxazole rings is 1. The smallest absolute Gasteiger partial charge is 0.229 e. The van der Waals surface area contributed by atoms with Gasteiger partial charge >= 0.3 is 0 Å². The van der Waals surface area contributed by atoms with Gasteiger partial charge in [0.05, 0.1) is 5.56 Å². The van der Waals surface area contributed by atoms with Crippen molar-refractivity contribution in [2.45, 2.75) is 13.8 Å². The molecule has 2 N–H and O–H groups in total. The Labute approximate surface area is 109 Å². The molecule has 0 atom stereocenters. The zero-order valence-electron chi connectivity index (χ0n) is 10.7. The molecule has 3 rings (SSSR count). The van der Waals surface area contributed by atoms with Crippen LogP contribution in [0.1, 0.15) is 11.1 Å². The van der Waals surface area contributed by atoms with Gasteiger partial charge < -0.3 is 10.2 Å². The number of nitrogens with two attached hydrogens (primary N) is 1. The Kier molecular flexibility index (Phi) is 2.52. The van der Waals surface area contributed by atoms with Gasteiger partial charge in [0.1, 0.15) is 11.3 Å². The van der Waals surface area contributed by atoms with Crippen molar-refractivity contribution in [3.63, 3.8) is 0 Å². The van der Waals surface area contributed by atoms with Crippen LogP contribution in [0.15, 0.2) is 34.7 Å². The summed E-state index contributed by atoms with van der Waals surface area (Å²) in [5.74, 6) is 0.0468. The first-order valence-corrected chi connectivity index (χ1v) is 5.98. The molecular formula is C15H13FN2O. The summed E-state index contributed by atoms with van der Waals surface area (Å²) < 4.78 is 18.8. The normalized spacial score (nSPS) is 11.1. The number of nitrogens with zero attached hydrogens (tertiary/aromatic N) is 1. The molecule has 0 aliphatic carbocycles. The number of rotatable bonds is 1. The molecule has 0 radical (unpaired) electrons. The molecule has 0 amide bonds. The highest BCUT2D eigenvalue weighted by molar-refractivity contribution is 5.82. The average Bonchev–Trinajstić information content (AvgIpc) is 2.72. The largest absolute Gasteiger partial charge is 0.436 e. The molecular weight excluding hydrogens is 243 g/mol. The Morgan fingerprint density at radius 2 is 1.95 bits per heavy atom. The van der Waals surface area contributed by atoms with Gasteiger partial charge in [-0.2, -0.15) is 0 Å². The molecule has 0 saturated heterocycles. The van der Waals surface area contributed by atoms with Crippen LogP contribution >= 0.6 is 0 Å². The summed E-state index contributed by atoms with van der Waals surface area (Å²) in [5.41, 5.74) is 10.4. The molecule has 0 spiro atoms. The standard InChI is InChI=1S/C15H13FN2O/c1-8-5-9(2)14-13(6-8)18-15(19-14)11-4-3-10(16)7-12(11)17/h3-7H,17H2,1-2H3. The number of hydrogen-bond donors (Lipinski definition) is 1. The second-order valence-electron chi connectivity index (χ2n) is 4.68. The minimum atomic E-state index is -0.371. The van der Waals surface area contributed by atoms with Crippen LogP contribution < -0.4 is 5.73 Å². The van der Waals surface area contributed by atoms with E-state index < -0.39 is 0 Å². The number of fused-ring (bicyclic) bond motifs is 1. The van der Waals surface area contributed by atoms with Gasteiger partial charge in [-0.05, 0) is 49.2 Å². The van der Waals surface area contributed by atoms with Crippen molar-refractivity contribution >= 4 is 16.8 Å². The Hall–Kier alpha value is -2.36. The second-order valence-corrected chi connectivity index (χ2v) is 4.68. The van der Waals surface area contributed by atoms with Gasteiger partial charge in [-0.25, -0.2) is 9.37 Å². The predicted molar refractivity (Wildman–Crippen MR) is 73.3 cm³/mol. The van der Waals surface area contributed by atoms with Crippen LogP contribution in [0.4, 0.5) is 10.1 Å². The maximum atomic E-state index is 13.1. The van der Waals surface area contributed by atoms with Gasteiger partial charge in [0.15, 0.2) is 5.58 Å². The van der Waals surface area contributed by atoms with E-state index >= 15 is 0 Å². The van der Waals surface area contributed by atoms with E-state index in [0.717, 1.165) is 22.2 Å². The van der Waals surface area contributed by atoms with E-state index in [4.69, 9.17) is 10.2 Å². The lowest BCUT2D eigenvalue weighted by atomic mass is 10.1. The van der Waals surface area contributed by atoms with Crippen molar-refractivity contribution in [3.05, 3.63) is 47.3 Å². The van der Waals surface area contributed by atoms with E-state index in [-0.39, 0.29) is 5.82 Å². The number of halogens is 1. The average molecular weight is 256 g/mol. The molecule has 1 heterocycles. The topological polar surface area (TPSA) is 52.0 Å². The van der Waals surface area contributed by atoms with Crippen molar-refractivity contribution in [2.75, 3.05) is 5.73 Å². The van der Waals surface area contributed by atoms with Crippen LogP contribution in [0, 0.1) is 19.7 Å². The van der Waals surface area contributed by atoms with Gasteiger partial charge in [-0.3, -0.25) is 0 Å². The zero-order valence-corrected chi connectivity index (χ0v) is 10.7. The predicted octanol–water partition coefficient (Wildman–Crippen LogP) is 3.83. The van der Waals surface area contributed by atoms with Gasteiger partial charge in [-0.15, -0.1) is 0 Å². The number of aromatic nitrogens is 1. The monoisotopic (exact) mass is 256 g/mol. The minimum absolute atomic E-state index is 0.320.